The number of aryl methyl sites for hydroxylation is 1. The van der Waals surface area contributed by atoms with Gasteiger partial charge in [-0.1, -0.05) is 13.8 Å². The van der Waals surface area contributed by atoms with Gasteiger partial charge in [-0.05, 0) is 30.4 Å². The predicted octanol–water partition coefficient (Wildman–Crippen LogP) is 2.47. The van der Waals surface area contributed by atoms with E-state index in [0.717, 1.165) is 18.1 Å². The molecule has 0 aliphatic carbocycles. The lowest BCUT2D eigenvalue weighted by atomic mass is 9.97. The first-order valence-corrected chi connectivity index (χ1v) is 10.8. The highest BCUT2D eigenvalue weighted by molar-refractivity contribution is 7.91. The first-order chi connectivity index (χ1) is 13.7. The molecule has 1 aliphatic heterocycles. The van der Waals surface area contributed by atoms with Crippen molar-refractivity contribution >= 4 is 15.6 Å². The van der Waals surface area contributed by atoms with E-state index in [1.54, 1.807) is 23.9 Å². The van der Waals surface area contributed by atoms with Crippen LogP contribution in [-0.2, 0) is 23.4 Å². The summed E-state index contributed by atoms with van der Waals surface area (Å²) in [5.41, 5.74) is 1.42. The normalized spacial score (nSPS) is 22.5. The van der Waals surface area contributed by atoms with Crippen molar-refractivity contribution in [1.29, 1.82) is 5.26 Å². The van der Waals surface area contributed by atoms with Gasteiger partial charge >= 0.3 is 0 Å². The van der Waals surface area contributed by atoms with Crippen LogP contribution in [0.5, 0.6) is 0 Å². The van der Waals surface area contributed by atoms with E-state index in [1.165, 1.54) is 13.1 Å². The van der Waals surface area contributed by atoms with Gasteiger partial charge in [0.15, 0.2) is 6.23 Å². The summed E-state index contributed by atoms with van der Waals surface area (Å²) in [4.78, 5) is 4.02. The highest BCUT2D eigenvalue weighted by Crippen LogP contribution is 2.33. The van der Waals surface area contributed by atoms with Gasteiger partial charge in [0, 0.05) is 38.1 Å². The lowest BCUT2D eigenvalue weighted by Crippen LogP contribution is -2.37. The Labute approximate surface area is 170 Å². The number of fused-ring (bicyclic) bond motifs is 1. The summed E-state index contributed by atoms with van der Waals surface area (Å²) < 4.78 is 36.2. The number of nitrogens with zero attached hydrogens (tertiary/aromatic N) is 4. The molecule has 2 aromatic heterocycles. The second kappa shape index (κ2) is 8.10. The fourth-order valence-electron chi connectivity index (χ4n) is 3.62. The molecule has 3 heterocycles. The third-order valence-electron chi connectivity index (χ3n) is 5.14. The van der Waals surface area contributed by atoms with Crippen molar-refractivity contribution in [3.63, 3.8) is 0 Å². The van der Waals surface area contributed by atoms with Crippen molar-refractivity contribution < 1.29 is 13.7 Å². The molecule has 3 atom stereocenters. The summed E-state index contributed by atoms with van der Waals surface area (Å²) >= 11 is 0. The van der Waals surface area contributed by atoms with Gasteiger partial charge in [0.2, 0.25) is 5.95 Å². The van der Waals surface area contributed by atoms with Crippen molar-refractivity contribution in [3.05, 3.63) is 41.2 Å². The lowest BCUT2D eigenvalue weighted by molar-refractivity contribution is 0.198. The third kappa shape index (κ3) is 4.12. The largest absolute Gasteiger partial charge is 0.368 e. The molecule has 0 aromatic carbocycles. The summed E-state index contributed by atoms with van der Waals surface area (Å²) in [6.45, 7) is 4.12. The fraction of sp³-hybridized carbons (Fsp3) is 0.474. The summed E-state index contributed by atoms with van der Waals surface area (Å²) in [7, 11) is 0.427. The van der Waals surface area contributed by atoms with E-state index >= 15 is 0 Å². The van der Waals surface area contributed by atoms with Crippen LogP contribution >= 0.6 is 0 Å². The number of aliphatic hydroxyl groups excluding tert-OH is 1. The maximum atomic E-state index is 13.6. The highest BCUT2D eigenvalue weighted by Gasteiger charge is 2.32. The number of nitriles is 1. The first-order valence-electron chi connectivity index (χ1n) is 9.31. The molecule has 3 rings (SSSR count). The van der Waals surface area contributed by atoms with Gasteiger partial charge in [0.05, 0.1) is 10.6 Å². The van der Waals surface area contributed by atoms with E-state index in [1.807, 2.05) is 0 Å². The van der Waals surface area contributed by atoms with Crippen LogP contribution in [0.2, 0.25) is 0 Å². The Balaban J connectivity index is 2.02. The van der Waals surface area contributed by atoms with Crippen LogP contribution in [0.3, 0.4) is 0 Å². The molecule has 8 nitrogen and oxygen atoms in total. The van der Waals surface area contributed by atoms with Crippen LogP contribution in [0, 0.1) is 23.2 Å². The van der Waals surface area contributed by atoms with Gasteiger partial charge in [-0.25, -0.2) is 18.3 Å². The number of rotatable bonds is 4. The molecule has 0 bridgehead atoms. The van der Waals surface area contributed by atoms with Crippen LogP contribution in [0.25, 0.3) is 0 Å². The predicted molar refractivity (Wildman–Crippen MR) is 108 cm³/mol. The van der Waals surface area contributed by atoms with Gasteiger partial charge < -0.3 is 15.0 Å². The monoisotopic (exact) mass is 420 g/mol. The highest BCUT2D eigenvalue weighted by atomic mass is 32.2. The van der Waals surface area contributed by atoms with Crippen LogP contribution in [-0.4, -0.2) is 32.0 Å². The second-order valence-corrected chi connectivity index (χ2v) is 9.50. The molecule has 3 N–H and O–H groups in total. The molecular weight excluding hydrogens is 395 g/mol. The topological polar surface area (TPSA) is 115 Å². The van der Waals surface area contributed by atoms with Crippen LogP contribution in [0.4, 0.5) is 10.1 Å². The number of aromatic nitrogens is 2. The van der Waals surface area contributed by atoms with E-state index in [2.05, 4.69) is 33.2 Å². The standard InChI is InChI=1S/C19H25FN6O2S/c1-11(2)15-6-5-14-16(29(28,22-3)25-15)10-26(4)18(14)19(27)24-12-7-13(9-21)23-17(20)8-12/h7-8,10-11,15,19,27H,5-6H2,1-4H3,(H,23,24)(H,22,25,28)/t15-,19?,29?/m1/s1. The van der Waals surface area contributed by atoms with Crippen LogP contribution in [0.1, 0.15) is 43.4 Å². The molecule has 1 aliphatic rings. The zero-order valence-electron chi connectivity index (χ0n) is 16.8. The van der Waals surface area contributed by atoms with Gasteiger partial charge in [0.1, 0.15) is 21.7 Å². The van der Waals surface area contributed by atoms with Crippen LogP contribution in [0.15, 0.2) is 27.6 Å². The number of pyridine rings is 1. The molecule has 0 saturated carbocycles. The van der Waals surface area contributed by atoms with E-state index in [0.29, 0.717) is 17.0 Å². The Kier molecular flexibility index (Phi) is 5.93. The average Bonchev–Trinajstić information content (AvgIpc) is 2.93. The minimum Gasteiger partial charge on any atom is -0.368 e. The van der Waals surface area contributed by atoms with E-state index in [4.69, 9.17) is 5.26 Å². The molecule has 2 aromatic rings. The smallest absolute Gasteiger partial charge is 0.216 e. The zero-order valence-corrected chi connectivity index (χ0v) is 17.6. The summed E-state index contributed by atoms with van der Waals surface area (Å²) in [5, 5.41) is 22.6. The number of hydrogen-bond donors (Lipinski definition) is 3. The lowest BCUT2D eigenvalue weighted by Gasteiger charge is -2.21. The zero-order chi connectivity index (χ0) is 21.3. The Bertz CT molecular complexity index is 1080. The van der Waals surface area contributed by atoms with Crippen molar-refractivity contribution in [2.24, 2.45) is 17.3 Å². The summed E-state index contributed by atoms with van der Waals surface area (Å²) in [6, 6.07) is 4.27. The molecule has 0 amide bonds. The fourth-order valence-corrected chi connectivity index (χ4v) is 5.69. The SMILES string of the molecule is CN=S1(=O)N[C@@H](C(C)C)CCc2c1cn(C)c2C(O)Nc1cc(F)nc(C#N)c1. The van der Waals surface area contributed by atoms with Crippen molar-refractivity contribution in [2.75, 3.05) is 12.4 Å². The molecule has 0 radical (unpaired) electrons. The molecule has 0 saturated heterocycles. The number of aliphatic hydroxyl groups is 1. The quantitative estimate of drug-likeness (QED) is 0.519. The first kappa shape index (κ1) is 21.2. The van der Waals surface area contributed by atoms with E-state index < -0.39 is 22.1 Å². The maximum absolute atomic E-state index is 13.6. The number of anilines is 1. The van der Waals surface area contributed by atoms with Gasteiger partial charge in [-0.3, -0.25) is 0 Å². The molecule has 2 unspecified atom stereocenters. The molecule has 0 spiro atoms. The molecule has 29 heavy (non-hydrogen) atoms. The number of nitrogens with one attached hydrogen (secondary N) is 2. The Morgan fingerprint density at radius 3 is 2.86 bits per heavy atom. The van der Waals surface area contributed by atoms with Gasteiger partial charge in [-0.15, -0.1) is 0 Å². The van der Waals surface area contributed by atoms with Crippen molar-refractivity contribution in [1.82, 2.24) is 14.3 Å². The van der Waals surface area contributed by atoms with Gasteiger partial charge in [0.25, 0.3) is 0 Å². The van der Waals surface area contributed by atoms with E-state index in [-0.39, 0.29) is 23.3 Å². The maximum Gasteiger partial charge on any atom is 0.216 e. The molecular formula is C19H25FN6O2S. The molecule has 156 valence electrons. The van der Waals surface area contributed by atoms with Crippen molar-refractivity contribution in [2.45, 2.75) is 43.9 Å². The minimum atomic E-state index is -2.84. The van der Waals surface area contributed by atoms with E-state index in [9.17, 15) is 13.7 Å². The van der Waals surface area contributed by atoms with Crippen molar-refractivity contribution in [3.8, 4) is 6.07 Å². The Morgan fingerprint density at radius 2 is 2.24 bits per heavy atom. The molecule has 10 heteroatoms. The summed E-state index contributed by atoms with van der Waals surface area (Å²) in [6.07, 6.45) is 1.87. The number of hydrogen-bond acceptors (Lipinski definition) is 6. The summed E-state index contributed by atoms with van der Waals surface area (Å²) in [5.74, 6) is -0.549. The average molecular weight is 421 g/mol. The number of halogens is 1. The molecule has 0 fully saturated rings. The Hall–Kier alpha value is -2.48. The second-order valence-electron chi connectivity index (χ2n) is 7.41. The third-order valence-corrected chi connectivity index (χ3v) is 7.23. The Morgan fingerprint density at radius 1 is 1.52 bits per heavy atom. The van der Waals surface area contributed by atoms with Gasteiger partial charge in [-0.2, -0.15) is 9.65 Å². The minimum absolute atomic E-state index is 0.0225. The van der Waals surface area contributed by atoms with Crippen LogP contribution < -0.4 is 10.0 Å².